The molecule has 44 heavy (non-hydrogen) atoms. The predicted octanol–water partition coefficient (Wildman–Crippen LogP) is 9.95. The van der Waals surface area contributed by atoms with Crippen LogP contribution in [0.5, 0.6) is 11.5 Å². The Kier molecular flexibility index (Phi) is 5.29. The first-order valence-corrected chi connectivity index (χ1v) is 14.9. The van der Waals surface area contributed by atoms with Crippen LogP contribution in [0.3, 0.4) is 0 Å². The molecule has 0 atom stereocenters. The second-order valence-corrected chi connectivity index (χ2v) is 11.6. The second kappa shape index (κ2) is 9.38. The van der Waals surface area contributed by atoms with Gasteiger partial charge in [-0.15, -0.1) is 0 Å². The minimum atomic E-state index is 0.233. The molecule has 8 aromatic rings. The van der Waals surface area contributed by atoms with Crippen molar-refractivity contribution in [3.8, 4) is 33.8 Å². The van der Waals surface area contributed by atoms with E-state index in [0.29, 0.717) is 0 Å². The van der Waals surface area contributed by atoms with Gasteiger partial charge in [0, 0.05) is 21.9 Å². The average Bonchev–Trinajstić information content (AvgIpc) is 3.07. The van der Waals surface area contributed by atoms with Gasteiger partial charge in [-0.3, -0.25) is 0 Å². The number of hydrogen-bond donors (Lipinski definition) is 2. The van der Waals surface area contributed by atoms with E-state index in [-0.39, 0.29) is 11.5 Å². The molecule has 4 heteroatoms. The smallest absolute Gasteiger partial charge is 0.124 e. The lowest BCUT2D eigenvalue weighted by Crippen LogP contribution is -1.98. The number of nitrogens with zero attached hydrogens (tertiary/aromatic N) is 2. The Morgan fingerprint density at radius 3 is 1.75 bits per heavy atom. The van der Waals surface area contributed by atoms with Crippen LogP contribution in [-0.2, 0) is 6.42 Å². The Morgan fingerprint density at radius 1 is 0.523 bits per heavy atom. The topological polar surface area (TPSA) is 66.2 Å². The summed E-state index contributed by atoms with van der Waals surface area (Å²) in [6, 6.07) is 36.3. The largest absolute Gasteiger partial charge is 0.507 e. The third-order valence-corrected chi connectivity index (χ3v) is 9.08. The van der Waals surface area contributed by atoms with Gasteiger partial charge in [0.2, 0.25) is 0 Å². The van der Waals surface area contributed by atoms with Crippen LogP contribution in [0.1, 0.15) is 17.5 Å². The van der Waals surface area contributed by atoms with E-state index in [1.807, 2.05) is 54.6 Å². The lowest BCUT2D eigenvalue weighted by molar-refractivity contribution is 0.477. The summed E-state index contributed by atoms with van der Waals surface area (Å²) in [4.78, 5) is 10.6. The van der Waals surface area contributed by atoms with Crippen molar-refractivity contribution in [2.75, 3.05) is 0 Å². The molecule has 0 saturated heterocycles. The van der Waals surface area contributed by atoms with Crippen molar-refractivity contribution in [3.05, 3.63) is 126 Å². The molecule has 1 heterocycles. The zero-order chi connectivity index (χ0) is 29.4. The summed E-state index contributed by atoms with van der Waals surface area (Å²) in [6.07, 6.45) is 6.27. The number of benzene rings is 7. The van der Waals surface area contributed by atoms with Gasteiger partial charge >= 0.3 is 0 Å². The zero-order valence-corrected chi connectivity index (χ0v) is 23.8. The number of allylic oxidation sites excluding steroid dienone is 1. The van der Waals surface area contributed by atoms with Crippen LogP contribution >= 0.6 is 0 Å². The van der Waals surface area contributed by atoms with E-state index < -0.39 is 0 Å². The molecule has 0 spiro atoms. The van der Waals surface area contributed by atoms with E-state index in [4.69, 9.17) is 9.97 Å². The van der Waals surface area contributed by atoms with Gasteiger partial charge in [-0.25, -0.2) is 9.97 Å². The summed E-state index contributed by atoms with van der Waals surface area (Å²) in [6.45, 7) is 0. The second-order valence-electron chi connectivity index (χ2n) is 11.6. The number of phenolic OH excluding ortho intramolecular Hbond substituents is 2. The molecular formula is C40H26N2O2. The number of fused-ring (bicyclic) bond motifs is 8. The monoisotopic (exact) mass is 566 g/mol. The van der Waals surface area contributed by atoms with Crippen molar-refractivity contribution in [1.82, 2.24) is 9.97 Å². The van der Waals surface area contributed by atoms with Crippen molar-refractivity contribution in [2.45, 2.75) is 12.8 Å². The van der Waals surface area contributed by atoms with Gasteiger partial charge in [0.15, 0.2) is 0 Å². The Morgan fingerprint density at radius 2 is 1.07 bits per heavy atom. The molecule has 0 bridgehead atoms. The quantitative estimate of drug-likeness (QED) is 0.161. The van der Waals surface area contributed by atoms with Crippen molar-refractivity contribution >= 4 is 60.5 Å². The highest BCUT2D eigenvalue weighted by molar-refractivity contribution is 6.19. The highest BCUT2D eigenvalue weighted by Gasteiger charge is 2.21. The Bertz CT molecular complexity index is 2530. The summed E-state index contributed by atoms with van der Waals surface area (Å²) < 4.78 is 0. The minimum Gasteiger partial charge on any atom is -0.507 e. The third-order valence-electron chi connectivity index (χ3n) is 9.08. The SMILES string of the molecule is Oc1ccc2c(c1-c1cc3nc4c(cc(-c5c(O)ccc6ccccc56)c5ccccc54)nc3c3ccccc13)C=CCC2. The number of phenols is 2. The zero-order valence-electron chi connectivity index (χ0n) is 23.8. The summed E-state index contributed by atoms with van der Waals surface area (Å²) >= 11 is 0. The van der Waals surface area contributed by atoms with Crippen molar-refractivity contribution in [3.63, 3.8) is 0 Å². The molecule has 2 N–H and O–H groups in total. The Labute approximate surface area is 253 Å². The van der Waals surface area contributed by atoms with Crippen LogP contribution in [0, 0.1) is 0 Å². The molecule has 1 aliphatic rings. The Hall–Kier alpha value is -5.74. The van der Waals surface area contributed by atoms with E-state index in [2.05, 4.69) is 60.7 Å². The number of aryl methyl sites for hydroxylation is 1. The van der Waals surface area contributed by atoms with Crippen LogP contribution in [-0.4, -0.2) is 20.2 Å². The summed E-state index contributed by atoms with van der Waals surface area (Å²) in [5.74, 6) is 0.496. The molecule has 0 aliphatic heterocycles. The summed E-state index contributed by atoms with van der Waals surface area (Å²) in [5.41, 5.74) is 8.95. The number of hydrogen-bond acceptors (Lipinski definition) is 4. The van der Waals surface area contributed by atoms with E-state index in [0.717, 1.165) is 95.0 Å². The molecule has 4 nitrogen and oxygen atoms in total. The molecule has 1 aliphatic carbocycles. The fraction of sp³-hybridized carbons (Fsp3) is 0.0500. The molecule has 1 aromatic heterocycles. The fourth-order valence-electron chi connectivity index (χ4n) is 7.08. The lowest BCUT2D eigenvalue weighted by Gasteiger charge is -2.19. The number of aromatic hydroxyl groups is 2. The maximum Gasteiger partial charge on any atom is 0.124 e. The van der Waals surface area contributed by atoms with Gasteiger partial charge < -0.3 is 10.2 Å². The number of aromatic nitrogens is 2. The van der Waals surface area contributed by atoms with Gasteiger partial charge in [0.1, 0.15) is 11.5 Å². The first-order chi connectivity index (χ1) is 21.7. The molecular weight excluding hydrogens is 540 g/mol. The first-order valence-electron chi connectivity index (χ1n) is 14.9. The summed E-state index contributed by atoms with van der Waals surface area (Å²) in [5, 5.41) is 28.4. The van der Waals surface area contributed by atoms with Crippen LogP contribution in [0.2, 0.25) is 0 Å². The molecule has 9 rings (SSSR count). The third kappa shape index (κ3) is 3.58. The molecule has 0 unspecified atom stereocenters. The van der Waals surface area contributed by atoms with Crippen molar-refractivity contribution in [1.29, 1.82) is 0 Å². The van der Waals surface area contributed by atoms with E-state index in [1.165, 1.54) is 5.56 Å². The Balaban J connectivity index is 1.40. The van der Waals surface area contributed by atoms with Crippen LogP contribution in [0.4, 0.5) is 0 Å². The lowest BCUT2D eigenvalue weighted by atomic mass is 9.87. The van der Waals surface area contributed by atoms with Gasteiger partial charge in [-0.1, -0.05) is 97.1 Å². The maximum atomic E-state index is 11.2. The summed E-state index contributed by atoms with van der Waals surface area (Å²) in [7, 11) is 0. The van der Waals surface area contributed by atoms with E-state index in [9.17, 15) is 10.2 Å². The van der Waals surface area contributed by atoms with Crippen molar-refractivity contribution < 1.29 is 10.2 Å². The normalized spacial score (nSPS) is 12.9. The molecule has 0 saturated carbocycles. The van der Waals surface area contributed by atoms with Crippen LogP contribution in [0.25, 0.3) is 82.7 Å². The molecule has 7 aromatic carbocycles. The molecule has 208 valence electrons. The number of rotatable bonds is 2. The van der Waals surface area contributed by atoms with Gasteiger partial charge in [0.05, 0.1) is 22.1 Å². The molecule has 0 radical (unpaired) electrons. The highest BCUT2D eigenvalue weighted by atomic mass is 16.3. The standard InChI is InChI=1S/C40H26N2O2/c43-35-19-17-23-9-1-3-11-25(23)37(35)31-21-33-39(29-15-7-5-13-27(29)31)42-34-22-32(28-14-6-8-16-30(28)40(34)41-33)38-26-12-4-2-10-24(26)18-20-36(38)44/h1,3-9,11-22,43-44H,2,10H2. The van der Waals surface area contributed by atoms with Crippen LogP contribution in [0.15, 0.2) is 115 Å². The molecule has 0 fully saturated rings. The average molecular weight is 567 g/mol. The highest BCUT2D eigenvalue weighted by Crippen LogP contribution is 2.45. The van der Waals surface area contributed by atoms with Crippen molar-refractivity contribution in [2.24, 2.45) is 0 Å². The van der Waals surface area contributed by atoms with E-state index in [1.54, 1.807) is 6.07 Å². The predicted molar refractivity (Wildman–Crippen MR) is 181 cm³/mol. The maximum absolute atomic E-state index is 11.2. The molecule has 0 amide bonds. The fourth-order valence-corrected chi connectivity index (χ4v) is 7.08. The minimum absolute atomic E-state index is 0.233. The van der Waals surface area contributed by atoms with Gasteiger partial charge in [-0.2, -0.15) is 0 Å². The first kappa shape index (κ1) is 24.8. The van der Waals surface area contributed by atoms with Gasteiger partial charge in [-0.05, 0) is 80.9 Å². The van der Waals surface area contributed by atoms with E-state index >= 15 is 0 Å². The van der Waals surface area contributed by atoms with Crippen LogP contribution < -0.4 is 0 Å². The van der Waals surface area contributed by atoms with Gasteiger partial charge in [0.25, 0.3) is 0 Å².